The number of amides is 2. The van der Waals surface area contributed by atoms with Gasteiger partial charge in [-0.1, -0.05) is 22.0 Å². The van der Waals surface area contributed by atoms with Crippen molar-refractivity contribution in [1.82, 2.24) is 9.88 Å². The molecule has 170 valence electrons. The second-order valence-electron chi connectivity index (χ2n) is 9.33. The summed E-state index contributed by atoms with van der Waals surface area (Å²) in [5.41, 5.74) is 4.63. The van der Waals surface area contributed by atoms with Gasteiger partial charge in [0.05, 0.1) is 15.7 Å². The summed E-state index contributed by atoms with van der Waals surface area (Å²) >= 11 is 5.13. The van der Waals surface area contributed by atoms with Crippen molar-refractivity contribution in [3.63, 3.8) is 0 Å². The van der Waals surface area contributed by atoms with Gasteiger partial charge in [-0.05, 0) is 68.0 Å². The van der Waals surface area contributed by atoms with Crippen LogP contribution in [0.15, 0.2) is 52.4 Å². The number of piperidine rings is 2. The first kappa shape index (κ1) is 21.1. The largest absolute Gasteiger partial charge is 0.371 e. The Bertz CT molecular complexity index is 1220. The molecule has 2 aliphatic heterocycles. The second-order valence-corrected chi connectivity index (χ2v) is 11.1. The minimum Gasteiger partial charge on any atom is -0.371 e. The molecule has 0 bridgehead atoms. The molecule has 3 atom stereocenters. The van der Waals surface area contributed by atoms with Gasteiger partial charge < -0.3 is 15.1 Å². The molecule has 1 aromatic heterocycles. The maximum atomic E-state index is 13.6. The Balaban J connectivity index is 1.12. The highest BCUT2D eigenvalue weighted by atomic mass is 79.9. The van der Waals surface area contributed by atoms with Crippen LogP contribution in [0, 0.1) is 11.8 Å². The van der Waals surface area contributed by atoms with Crippen molar-refractivity contribution < 1.29 is 9.59 Å². The molecule has 0 spiro atoms. The van der Waals surface area contributed by atoms with Crippen molar-refractivity contribution >= 4 is 60.7 Å². The quantitative estimate of drug-likeness (QED) is 0.526. The van der Waals surface area contributed by atoms with Crippen molar-refractivity contribution in [1.29, 1.82) is 0 Å². The molecule has 3 aliphatic rings. The van der Waals surface area contributed by atoms with Gasteiger partial charge in [-0.2, -0.15) is 0 Å². The summed E-state index contributed by atoms with van der Waals surface area (Å²) in [5.74, 6) is 0.572. The first-order valence-corrected chi connectivity index (χ1v) is 13.2. The Labute approximate surface area is 205 Å². The molecule has 6 rings (SSSR count). The van der Waals surface area contributed by atoms with Crippen LogP contribution in [0.5, 0.6) is 0 Å². The van der Waals surface area contributed by atoms with Gasteiger partial charge >= 0.3 is 0 Å². The van der Waals surface area contributed by atoms with Gasteiger partial charge in [-0.25, -0.2) is 4.98 Å². The van der Waals surface area contributed by atoms with E-state index in [-0.39, 0.29) is 29.8 Å². The van der Waals surface area contributed by atoms with Gasteiger partial charge in [0.2, 0.25) is 11.8 Å². The van der Waals surface area contributed by atoms with Gasteiger partial charge in [0, 0.05) is 40.9 Å². The van der Waals surface area contributed by atoms with Crippen LogP contribution in [-0.2, 0) is 9.59 Å². The minimum absolute atomic E-state index is 0.00518. The average Bonchev–Trinajstić information content (AvgIpc) is 3.25. The number of anilines is 2. The molecule has 6 nitrogen and oxygen atoms in total. The summed E-state index contributed by atoms with van der Waals surface area (Å²) in [7, 11) is 0. The zero-order chi connectivity index (χ0) is 22.5. The Morgan fingerprint density at radius 3 is 2.76 bits per heavy atom. The molecule has 2 aromatic carbocycles. The molecular formula is C25H25BrN4O2S. The summed E-state index contributed by atoms with van der Waals surface area (Å²) in [6.07, 6.45) is 3.47. The lowest BCUT2D eigenvalue weighted by Crippen LogP contribution is -2.49. The summed E-state index contributed by atoms with van der Waals surface area (Å²) < 4.78 is 2.17. The van der Waals surface area contributed by atoms with E-state index in [2.05, 4.69) is 43.3 Å². The zero-order valence-electron chi connectivity index (χ0n) is 18.1. The predicted octanol–water partition coefficient (Wildman–Crippen LogP) is 4.90. The van der Waals surface area contributed by atoms with Crippen LogP contribution < -0.4 is 10.2 Å². The highest BCUT2D eigenvalue weighted by molar-refractivity contribution is 9.10. The smallest absolute Gasteiger partial charge is 0.247 e. The lowest BCUT2D eigenvalue weighted by molar-refractivity contribution is -0.142. The van der Waals surface area contributed by atoms with Crippen molar-refractivity contribution in [3.8, 4) is 0 Å². The number of benzene rings is 2. The van der Waals surface area contributed by atoms with E-state index in [0.29, 0.717) is 5.92 Å². The lowest BCUT2D eigenvalue weighted by Gasteiger charge is -2.36. The van der Waals surface area contributed by atoms with Crippen molar-refractivity contribution in [3.05, 3.63) is 52.4 Å². The molecule has 3 aromatic rings. The molecule has 2 saturated heterocycles. The zero-order valence-corrected chi connectivity index (χ0v) is 20.5. The molecule has 1 N–H and O–H groups in total. The minimum atomic E-state index is -0.365. The monoisotopic (exact) mass is 524 g/mol. The number of rotatable bonds is 4. The highest BCUT2D eigenvalue weighted by Crippen LogP contribution is 2.49. The number of fused-ring (bicyclic) bond motifs is 2. The van der Waals surface area contributed by atoms with Gasteiger partial charge in [-0.3, -0.25) is 9.59 Å². The molecule has 0 unspecified atom stereocenters. The fraction of sp³-hybridized carbons (Fsp3) is 0.400. The number of likely N-dealkylation sites (tertiary alicyclic amines) is 1. The number of hydrogen-bond acceptors (Lipinski definition) is 5. The van der Waals surface area contributed by atoms with Gasteiger partial charge in [-0.15, -0.1) is 11.3 Å². The standard InChI is InChI=1S/C25H25BrN4O2S/c26-17-2-1-3-19(12-17)29-8-6-15(7-9-29)25(32)30-21-10-16(21)11-22(30)24(31)28-18-4-5-23-20(13-18)27-14-33-23/h1-5,12-16,21-22H,6-11H2,(H,28,31)/t16-,21-,22-/m0/s1. The van der Waals surface area contributed by atoms with Crippen LogP contribution in [0.4, 0.5) is 11.4 Å². The summed E-state index contributed by atoms with van der Waals surface area (Å²) in [5, 5.41) is 3.05. The van der Waals surface area contributed by atoms with Crippen LogP contribution in [0.3, 0.4) is 0 Å². The van der Waals surface area contributed by atoms with E-state index < -0.39 is 0 Å². The molecule has 1 saturated carbocycles. The number of aromatic nitrogens is 1. The van der Waals surface area contributed by atoms with E-state index in [1.807, 2.05) is 40.7 Å². The average molecular weight is 525 g/mol. The third-order valence-corrected chi connectivity index (χ3v) is 8.58. The van der Waals surface area contributed by atoms with E-state index >= 15 is 0 Å². The topological polar surface area (TPSA) is 65.5 Å². The molecule has 3 fully saturated rings. The van der Waals surface area contributed by atoms with Crippen LogP contribution in [0.25, 0.3) is 10.2 Å². The van der Waals surface area contributed by atoms with Crippen LogP contribution in [-0.4, -0.2) is 46.9 Å². The van der Waals surface area contributed by atoms with Crippen LogP contribution in [0.1, 0.15) is 25.7 Å². The normalized spacial score (nSPS) is 24.7. The second kappa shape index (κ2) is 8.40. The molecule has 2 amide bonds. The van der Waals surface area contributed by atoms with Crippen LogP contribution in [0.2, 0.25) is 0 Å². The predicted molar refractivity (Wildman–Crippen MR) is 134 cm³/mol. The number of nitrogens with zero attached hydrogens (tertiary/aromatic N) is 3. The molecule has 8 heteroatoms. The number of carbonyl (C=O) groups is 2. The molecule has 0 radical (unpaired) electrons. The fourth-order valence-electron chi connectivity index (χ4n) is 5.44. The Hall–Kier alpha value is -2.45. The molecule has 33 heavy (non-hydrogen) atoms. The van der Waals surface area contributed by atoms with E-state index in [0.717, 1.165) is 59.1 Å². The van der Waals surface area contributed by atoms with E-state index in [1.54, 1.807) is 11.3 Å². The Morgan fingerprint density at radius 1 is 1.09 bits per heavy atom. The van der Waals surface area contributed by atoms with E-state index in [4.69, 9.17) is 0 Å². The summed E-state index contributed by atoms with van der Waals surface area (Å²) in [6, 6.07) is 14.0. The molecule has 1 aliphatic carbocycles. The maximum absolute atomic E-state index is 13.6. The Morgan fingerprint density at radius 2 is 1.94 bits per heavy atom. The first-order valence-electron chi connectivity index (χ1n) is 11.5. The number of thiazole rings is 1. The van der Waals surface area contributed by atoms with Crippen LogP contribution >= 0.6 is 27.3 Å². The summed E-state index contributed by atoms with van der Waals surface area (Å²) in [6.45, 7) is 1.72. The number of nitrogens with one attached hydrogen (secondary N) is 1. The maximum Gasteiger partial charge on any atom is 0.247 e. The van der Waals surface area contributed by atoms with Crippen molar-refractivity contribution in [2.45, 2.75) is 37.8 Å². The fourth-order valence-corrected chi connectivity index (χ4v) is 6.48. The van der Waals surface area contributed by atoms with E-state index in [9.17, 15) is 9.59 Å². The number of carbonyl (C=O) groups excluding carboxylic acids is 2. The highest BCUT2D eigenvalue weighted by Gasteiger charge is 2.56. The summed E-state index contributed by atoms with van der Waals surface area (Å²) in [4.78, 5) is 35.4. The third kappa shape index (κ3) is 4.04. The Kier molecular flexibility index (Phi) is 5.37. The first-order chi connectivity index (χ1) is 16.1. The molecule has 3 heterocycles. The molecular weight excluding hydrogens is 500 g/mol. The third-order valence-electron chi connectivity index (χ3n) is 7.28. The van der Waals surface area contributed by atoms with Crippen molar-refractivity contribution in [2.24, 2.45) is 11.8 Å². The SMILES string of the molecule is O=C(Nc1ccc2scnc2c1)[C@@H]1C[C@@H]2C[C@@H]2N1C(=O)C1CCN(c2cccc(Br)c2)CC1. The number of hydrogen-bond donors (Lipinski definition) is 1. The van der Waals surface area contributed by atoms with Gasteiger partial charge in [0.1, 0.15) is 6.04 Å². The lowest BCUT2D eigenvalue weighted by atomic mass is 9.94. The number of halogens is 1. The van der Waals surface area contributed by atoms with Gasteiger partial charge in [0.15, 0.2) is 0 Å². The van der Waals surface area contributed by atoms with Gasteiger partial charge in [0.25, 0.3) is 0 Å². The van der Waals surface area contributed by atoms with E-state index in [1.165, 1.54) is 5.69 Å². The van der Waals surface area contributed by atoms with Crippen molar-refractivity contribution in [2.75, 3.05) is 23.3 Å².